The van der Waals surface area contributed by atoms with Gasteiger partial charge in [-0.25, -0.2) is 0 Å². The Morgan fingerprint density at radius 2 is 2.00 bits per heavy atom. The minimum absolute atomic E-state index is 0.370. The third-order valence-corrected chi connectivity index (χ3v) is 7.15. The van der Waals surface area contributed by atoms with Crippen molar-refractivity contribution < 1.29 is 4.74 Å². The summed E-state index contributed by atoms with van der Waals surface area (Å²) in [5.41, 5.74) is 12.3. The molecule has 2 rings (SSSR count). The molecule has 1 aromatic carbocycles. The zero-order valence-corrected chi connectivity index (χ0v) is 24.6. The van der Waals surface area contributed by atoms with Crippen LogP contribution in [0.15, 0.2) is 41.4 Å². The predicted molar refractivity (Wildman–Crippen MR) is 163 cm³/mol. The first-order valence-electron chi connectivity index (χ1n) is 12.6. The van der Waals surface area contributed by atoms with E-state index in [9.17, 15) is 0 Å². The predicted octanol–water partition coefficient (Wildman–Crippen LogP) is 6.16. The molecule has 1 atom stereocenters. The Bertz CT molecular complexity index is 746. The number of alkyl halides is 1. The molecule has 6 nitrogen and oxygen atoms in total. The van der Waals surface area contributed by atoms with Crippen molar-refractivity contribution in [2.45, 2.75) is 64.3 Å². The number of allylic oxidation sites excluding steroid dienone is 2. The monoisotopic (exact) mass is 585 g/mol. The van der Waals surface area contributed by atoms with E-state index in [2.05, 4.69) is 50.3 Å². The van der Waals surface area contributed by atoms with Crippen molar-refractivity contribution in [2.75, 3.05) is 43.1 Å². The molecular formula is C26H44BrN5OS2. The molecule has 0 bridgehead atoms. The normalized spacial score (nSPS) is 16.2. The zero-order valence-electron chi connectivity index (χ0n) is 21.4. The molecule has 0 radical (unpaired) electrons. The molecule has 1 aromatic rings. The highest BCUT2D eigenvalue weighted by atomic mass is 79.9. The SMILES string of the molecule is C/C=C\CCCBr.CN1CCCC1COc1ccc(NC(=S)/N=C(\N)SCCCCCCN)cc1. The summed E-state index contributed by atoms with van der Waals surface area (Å²) in [6.45, 7) is 4.70. The maximum atomic E-state index is 5.95. The number of nitrogens with zero attached hydrogens (tertiary/aromatic N) is 2. The van der Waals surface area contributed by atoms with Crippen LogP contribution in [0.4, 0.5) is 5.69 Å². The molecule has 0 aromatic heterocycles. The quantitative estimate of drug-likeness (QED) is 0.0637. The molecule has 9 heteroatoms. The lowest BCUT2D eigenvalue weighted by Crippen LogP contribution is -2.30. The third kappa shape index (κ3) is 16.3. The number of nitrogens with one attached hydrogen (secondary N) is 1. The number of halogens is 1. The molecule has 1 aliphatic heterocycles. The molecule has 1 heterocycles. The van der Waals surface area contributed by atoms with Crippen molar-refractivity contribution in [1.29, 1.82) is 0 Å². The Labute approximate surface area is 230 Å². The molecular weight excluding hydrogens is 542 g/mol. The van der Waals surface area contributed by atoms with E-state index < -0.39 is 0 Å². The van der Waals surface area contributed by atoms with Gasteiger partial charge in [-0.3, -0.25) is 0 Å². The molecule has 1 aliphatic rings. The van der Waals surface area contributed by atoms with Gasteiger partial charge in [0.25, 0.3) is 0 Å². The van der Waals surface area contributed by atoms with E-state index in [0.29, 0.717) is 16.3 Å². The Balaban J connectivity index is 0.000000762. The maximum Gasteiger partial charge on any atom is 0.199 e. The molecule has 5 N–H and O–H groups in total. The van der Waals surface area contributed by atoms with Gasteiger partial charge in [-0.15, -0.1) is 0 Å². The molecule has 0 amide bonds. The molecule has 0 aliphatic carbocycles. The number of benzene rings is 1. The van der Waals surface area contributed by atoms with Crippen LogP contribution in [0.25, 0.3) is 0 Å². The number of likely N-dealkylation sites (N-methyl/N-ethyl adjacent to an activating group) is 1. The van der Waals surface area contributed by atoms with Gasteiger partial charge in [0.15, 0.2) is 10.3 Å². The third-order valence-electron chi connectivity index (χ3n) is 5.52. The number of ether oxygens (including phenoxy) is 1. The van der Waals surface area contributed by atoms with Crippen molar-refractivity contribution in [3.05, 3.63) is 36.4 Å². The molecule has 1 fully saturated rings. The fraction of sp³-hybridized carbons (Fsp3) is 0.615. The van der Waals surface area contributed by atoms with Crippen LogP contribution in [0.5, 0.6) is 5.75 Å². The lowest BCUT2D eigenvalue weighted by molar-refractivity contribution is 0.198. The van der Waals surface area contributed by atoms with Crippen LogP contribution in [0, 0.1) is 0 Å². The van der Waals surface area contributed by atoms with E-state index in [1.165, 1.54) is 50.3 Å². The van der Waals surface area contributed by atoms with Gasteiger partial charge < -0.3 is 26.4 Å². The van der Waals surface area contributed by atoms with Gasteiger partial charge in [-0.2, -0.15) is 4.99 Å². The number of anilines is 1. The Hall–Kier alpha value is -1.13. The molecule has 1 unspecified atom stereocenters. The number of thioether (sulfide) groups is 1. The number of thiocarbonyl (C=S) groups is 1. The van der Waals surface area contributed by atoms with Gasteiger partial charge in [0.2, 0.25) is 0 Å². The van der Waals surface area contributed by atoms with E-state index >= 15 is 0 Å². The largest absolute Gasteiger partial charge is 0.492 e. The topological polar surface area (TPSA) is 88.9 Å². The van der Waals surface area contributed by atoms with Gasteiger partial charge >= 0.3 is 0 Å². The Kier molecular flexibility index (Phi) is 19.1. The standard InChI is InChI=1S/C20H33N5OS2.C6H11Br/c1-25-13-6-7-17(25)15-26-18-10-8-16(9-11-18)23-20(27)24-19(22)28-14-5-3-2-4-12-21;1-2-3-4-5-6-7/h8-11,17H,2-7,12-15,21H2,1H3,(H3,22,23,24,27);2-3H,4-6H2,1H3/b;3-2-. The lowest BCUT2D eigenvalue weighted by Gasteiger charge is -2.19. The summed E-state index contributed by atoms with van der Waals surface area (Å²) in [5, 5.41) is 5.08. The van der Waals surface area contributed by atoms with Crippen LogP contribution in [-0.4, -0.2) is 59.0 Å². The van der Waals surface area contributed by atoms with Crippen LogP contribution >= 0.6 is 39.9 Å². The van der Waals surface area contributed by atoms with Gasteiger partial charge in [0.1, 0.15) is 12.4 Å². The second-order valence-electron chi connectivity index (χ2n) is 8.44. The van der Waals surface area contributed by atoms with Crippen molar-refractivity contribution in [3.63, 3.8) is 0 Å². The number of nitrogens with two attached hydrogens (primary N) is 2. The van der Waals surface area contributed by atoms with Gasteiger partial charge in [-0.1, -0.05) is 52.7 Å². The molecule has 0 spiro atoms. The summed E-state index contributed by atoms with van der Waals surface area (Å²) >= 11 is 10.2. The minimum Gasteiger partial charge on any atom is -0.492 e. The second kappa shape index (κ2) is 21.0. The smallest absolute Gasteiger partial charge is 0.199 e. The number of hydrogen-bond donors (Lipinski definition) is 3. The van der Waals surface area contributed by atoms with E-state index in [1.807, 2.05) is 31.2 Å². The van der Waals surface area contributed by atoms with Crippen LogP contribution in [-0.2, 0) is 0 Å². The Morgan fingerprint density at radius 1 is 1.26 bits per heavy atom. The fourth-order valence-electron chi connectivity index (χ4n) is 3.44. The lowest BCUT2D eigenvalue weighted by atomic mass is 10.2. The number of likely N-dealkylation sites (tertiary alicyclic amines) is 1. The van der Waals surface area contributed by atoms with E-state index in [4.69, 9.17) is 28.4 Å². The molecule has 1 saturated heterocycles. The highest BCUT2D eigenvalue weighted by Crippen LogP contribution is 2.19. The average Bonchev–Trinajstić information content (AvgIpc) is 3.26. The minimum atomic E-state index is 0.370. The summed E-state index contributed by atoms with van der Waals surface area (Å²) in [4.78, 5) is 6.60. The number of unbranched alkanes of at least 4 members (excludes halogenated alkanes) is 4. The number of rotatable bonds is 13. The molecule has 35 heavy (non-hydrogen) atoms. The van der Waals surface area contributed by atoms with Gasteiger partial charge in [-0.05, 0) is 102 Å². The zero-order chi connectivity index (χ0) is 25.7. The first kappa shape index (κ1) is 31.9. The van der Waals surface area contributed by atoms with E-state index in [-0.39, 0.29) is 0 Å². The van der Waals surface area contributed by atoms with Crippen molar-refractivity contribution >= 4 is 55.9 Å². The summed E-state index contributed by atoms with van der Waals surface area (Å²) in [5.74, 6) is 1.81. The van der Waals surface area contributed by atoms with Gasteiger partial charge in [0.05, 0.1) is 0 Å². The van der Waals surface area contributed by atoms with Crippen LogP contribution in [0.3, 0.4) is 0 Å². The molecule has 0 saturated carbocycles. The summed E-state index contributed by atoms with van der Waals surface area (Å²) in [6, 6.07) is 8.29. The number of aliphatic imine (C=N–C) groups is 1. The summed E-state index contributed by atoms with van der Waals surface area (Å²) in [6.07, 6.45) is 13.7. The first-order chi connectivity index (χ1) is 17.0. The maximum absolute atomic E-state index is 5.95. The van der Waals surface area contributed by atoms with Crippen molar-refractivity contribution in [3.8, 4) is 5.75 Å². The fourth-order valence-corrected chi connectivity index (χ4v) is 4.75. The number of amidine groups is 1. The van der Waals surface area contributed by atoms with Crippen molar-refractivity contribution in [1.82, 2.24) is 4.90 Å². The van der Waals surface area contributed by atoms with E-state index in [1.54, 1.807) is 0 Å². The van der Waals surface area contributed by atoms with Crippen molar-refractivity contribution in [2.24, 2.45) is 16.5 Å². The van der Waals surface area contributed by atoms with Crippen LogP contribution in [0.2, 0.25) is 0 Å². The second-order valence-corrected chi connectivity index (χ2v) is 10.7. The molecule has 198 valence electrons. The number of hydrogen-bond acceptors (Lipinski definition) is 5. The first-order valence-corrected chi connectivity index (χ1v) is 15.1. The highest BCUT2D eigenvalue weighted by Gasteiger charge is 2.21. The van der Waals surface area contributed by atoms with Crippen LogP contribution in [0.1, 0.15) is 58.3 Å². The van der Waals surface area contributed by atoms with E-state index in [0.717, 1.165) is 55.1 Å². The van der Waals surface area contributed by atoms with Gasteiger partial charge in [0, 0.05) is 22.8 Å². The summed E-state index contributed by atoms with van der Waals surface area (Å²) in [7, 11) is 2.15. The average molecular weight is 587 g/mol. The Morgan fingerprint density at radius 3 is 2.63 bits per heavy atom. The van der Waals surface area contributed by atoms with Crippen LogP contribution < -0.4 is 21.5 Å². The highest BCUT2D eigenvalue weighted by molar-refractivity contribution is 9.09. The summed E-state index contributed by atoms with van der Waals surface area (Å²) < 4.78 is 5.90.